The van der Waals surface area contributed by atoms with Crippen LogP contribution in [-0.2, 0) is 5.41 Å². The Bertz CT molecular complexity index is 320. The highest BCUT2D eigenvalue weighted by Gasteiger charge is 2.16. The monoisotopic (exact) mass is 230 g/mol. The van der Waals surface area contributed by atoms with Gasteiger partial charge in [0.2, 0.25) is 0 Å². The fourth-order valence-corrected chi connectivity index (χ4v) is 1.56. The summed E-state index contributed by atoms with van der Waals surface area (Å²) >= 11 is 7.51. The summed E-state index contributed by atoms with van der Waals surface area (Å²) < 4.78 is 3.08. The third kappa shape index (κ3) is 3.07. The van der Waals surface area contributed by atoms with E-state index in [1.54, 1.807) is 0 Å². The molecule has 4 heteroatoms. The first-order valence-electron chi connectivity index (χ1n) is 4.40. The molecule has 1 heterocycles. The van der Waals surface area contributed by atoms with Gasteiger partial charge < -0.3 is 4.72 Å². The van der Waals surface area contributed by atoms with Gasteiger partial charge in [-0.25, -0.2) is 4.98 Å². The molecule has 0 aliphatic carbocycles. The number of hydrogen-bond acceptors (Lipinski definition) is 3. The van der Waals surface area contributed by atoms with Gasteiger partial charge in [-0.05, 0) is 12.1 Å². The van der Waals surface area contributed by atoms with Crippen molar-refractivity contribution in [2.75, 3.05) is 11.0 Å². The Kier molecular flexibility index (Phi) is 3.67. The fourth-order valence-electron chi connectivity index (χ4n) is 1.04. The molecule has 0 amide bonds. The topological polar surface area (TPSA) is 24.9 Å². The van der Waals surface area contributed by atoms with Crippen molar-refractivity contribution < 1.29 is 0 Å². The van der Waals surface area contributed by atoms with Crippen LogP contribution >= 0.6 is 23.5 Å². The zero-order valence-electron chi connectivity index (χ0n) is 8.89. The first-order valence-corrected chi connectivity index (χ1v) is 6.01. The maximum Gasteiger partial charge on any atom is 0.137 e. The lowest BCUT2D eigenvalue weighted by Gasteiger charge is -2.18. The van der Waals surface area contributed by atoms with E-state index >= 15 is 0 Å². The molecule has 2 nitrogen and oxygen atoms in total. The summed E-state index contributed by atoms with van der Waals surface area (Å²) in [6, 6.07) is 3.74. The van der Waals surface area contributed by atoms with E-state index < -0.39 is 0 Å². The van der Waals surface area contributed by atoms with Gasteiger partial charge in [0.25, 0.3) is 0 Å². The lowest BCUT2D eigenvalue weighted by Crippen LogP contribution is -2.14. The van der Waals surface area contributed by atoms with Crippen molar-refractivity contribution in [1.29, 1.82) is 0 Å². The molecule has 0 spiro atoms. The van der Waals surface area contributed by atoms with E-state index in [1.807, 2.05) is 18.4 Å². The number of aromatic nitrogens is 1. The lowest BCUT2D eigenvalue weighted by atomic mass is 9.92. The quantitative estimate of drug-likeness (QED) is 0.784. The standard InChI is InChI=1S/C10H15ClN2S/c1-10(2,3)8-5-7(11)6-9(12-8)13-14-4/h5-6H,1-4H3,(H,12,13). The summed E-state index contributed by atoms with van der Waals surface area (Å²) in [6.45, 7) is 6.36. The van der Waals surface area contributed by atoms with Gasteiger partial charge >= 0.3 is 0 Å². The predicted molar refractivity (Wildman–Crippen MR) is 65.1 cm³/mol. The molecule has 1 aromatic heterocycles. The molecule has 1 aromatic rings. The van der Waals surface area contributed by atoms with Gasteiger partial charge in [0.1, 0.15) is 5.82 Å². The Labute approximate surface area is 94.6 Å². The minimum atomic E-state index is 0.0275. The van der Waals surface area contributed by atoms with Crippen molar-refractivity contribution in [3.05, 3.63) is 22.8 Å². The van der Waals surface area contributed by atoms with Crippen LogP contribution < -0.4 is 4.72 Å². The van der Waals surface area contributed by atoms with E-state index in [9.17, 15) is 0 Å². The third-order valence-electron chi connectivity index (χ3n) is 1.77. The number of hydrogen-bond donors (Lipinski definition) is 1. The zero-order chi connectivity index (χ0) is 10.8. The van der Waals surface area contributed by atoms with E-state index in [0.717, 1.165) is 16.5 Å². The molecule has 0 atom stereocenters. The Morgan fingerprint density at radius 2 is 2.00 bits per heavy atom. The second-order valence-electron chi connectivity index (χ2n) is 4.11. The molecular weight excluding hydrogens is 216 g/mol. The summed E-state index contributed by atoms with van der Waals surface area (Å²) in [5.74, 6) is 0.815. The van der Waals surface area contributed by atoms with Gasteiger partial charge in [-0.3, -0.25) is 0 Å². The molecule has 0 radical (unpaired) electrons. The van der Waals surface area contributed by atoms with Crippen LogP contribution in [0.5, 0.6) is 0 Å². The highest BCUT2D eigenvalue weighted by Crippen LogP contribution is 2.25. The molecule has 0 aliphatic rings. The van der Waals surface area contributed by atoms with E-state index in [2.05, 4.69) is 30.5 Å². The van der Waals surface area contributed by atoms with Gasteiger partial charge in [-0.2, -0.15) is 0 Å². The summed E-state index contributed by atoms with van der Waals surface area (Å²) in [6.07, 6.45) is 1.96. The Balaban J connectivity index is 3.07. The van der Waals surface area contributed by atoms with Crippen LogP contribution in [0.25, 0.3) is 0 Å². The molecule has 0 fully saturated rings. The molecule has 0 bridgehead atoms. The highest BCUT2D eigenvalue weighted by molar-refractivity contribution is 7.99. The second-order valence-corrected chi connectivity index (χ2v) is 5.16. The molecule has 0 unspecified atom stereocenters. The summed E-state index contributed by atoms with van der Waals surface area (Å²) in [5.41, 5.74) is 1.03. The number of nitrogens with zero attached hydrogens (tertiary/aromatic N) is 1. The molecule has 0 saturated heterocycles. The Hall–Kier alpha value is -0.410. The normalized spacial score (nSPS) is 11.5. The molecule has 0 saturated carbocycles. The van der Waals surface area contributed by atoms with Crippen LogP contribution in [0.3, 0.4) is 0 Å². The van der Waals surface area contributed by atoms with Crippen LogP contribution in [0.15, 0.2) is 12.1 Å². The molecule has 14 heavy (non-hydrogen) atoms. The molecule has 78 valence electrons. The van der Waals surface area contributed by atoms with Crippen LogP contribution in [0, 0.1) is 0 Å². The maximum absolute atomic E-state index is 6.00. The predicted octanol–water partition coefficient (Wildman–Crippen LogP) is 3.72. The number of halogens is 1. The maximum atomic E-state index is 6.00. The smallest absolute Gasteiger partial charge is 0.137 e. The van der Waals surface area contributed by atoms with Crippen LogP contribution in [0.1, 0.15) is 26.5 Å². The van der Waals surface area contributed by atoms with Crippen LogP contribution in [-0.4, -0.2) is 11.2 Å². The molecular formula is C10H15ClN2S. The summed E-state index contributed by atoms with van der Waals surface area (Å²) in [7, 11) is 0. The third-order valence-corrected chi connectivity index (χ3v) is 2.40. The molecule has 1 rings (SSSR count). The van der Waals surface area contributed by atoms with Gasteiger partial charge in [0.05, 0.1) is 0 Å². The van der Waals surface area contributed by atoms with Gasteiger partial charge in [0, 0.05) is 22.4 Å². The van der Waals surface area contributed by atoms with Crippen molar-refractivity contribution in [2.24, 2.45) is 0 Å². The Morgan fingerprint density at radius 1 is 1.36 bits per heavy atom. The first kappa shape index (κ1) is 11.7. The molecule has 0 aromatic carbocycles. The summed E-state index contributed by atoms with van der Waals surface area (Å²) in [5, 5.41) is 0.724. The van der Waals surface area contributed by atoms with Crippen molar-refractivity contribution in [2.45, 2.75) is 26.2 Å². The average Bonchev–Trinajstić information content (AvgIpc) is 2.02. The van der Waals surface area contributed by atoms with E-state index in [4.69, 9.17) is 11.6 Å². The second kappa shape index (κ2) is 4.41. The van der Waals surface area contributed by atoms with Crippen molar-refractivity contribution >= 4 is 29.4 Å². The van der Waals surface area contributed by atoms with E-state index in [1.165, 1.54) is 11.9 Å². The largest absolute Gasteiger partial charge is 0.315 e. The van der Waals surface area contributed by atoms with Crippen LogP contribution in [0.4, 0.5) is 5.82 Å². The SMILES string of the molecule is CSNc1cc(Cl)cc(C(C)(C)C)n1. The fraction of sp³-hybridized carbons (Fsp3) is 0.500. The van der Waals surface area contributed by atoms with E-state index in [-0.39, 0.29) is 5.41 Å². The van der Waals surface area contributed by atoms with Crippen LogP contribution in [0.2, 0.25) is 5.02 Å². The van der Waals surface area contributed by atoms with Gasteiger partial charge in [-0.1, -0.05) is 44.3 Å². The lowest BCUT2D eigenvalue weighted by molar-refractivity contribution is 0.570. The first-order chi connectivity index (χ1) is 6.43. The van der Waals surface area contributed by atoms with Crippen molar-refractivity contribution in [1.82, 2.24) is 4.98 Å². The number of anilines is 1. The zero-order valence-corrected chi connectivity index (χ0v) is 10.5. The van der Waals surface area contributed by atoms with Gasteiger partial charge in [-0.15, -0.1) is 0 Å². The molecule has 1 N–H and O–H groups in total. The number of nitrogens with one attached hydrogen (secondary N) is 1. The van der Waals surface area contributed by atoms with Crippen molar-refractivity contribution in [3.63, 3.8) is 0 Å². The van der Waals surface area contributed by atoms with E-state index in [0.29, 0.717) is 0 Å². The Morgan fingerprint density at radius 3 is 2.50 bits per heavy atom. The highest BCUT2D eigenvalue weighted by atomic mass is 35.5. The summed E-state index contributed by atoms with van der Waals surface area (Å²) in [4.78, 5) is 4.48. The average molecular weight is 231 g/mol. The van der Waals surface area contributed by atoms with Crippen molar-refractivity contribution in [3.8, 4) is 0 Å². The minimum Gasteiger partial charge on any atom is -0.315 e. The number of rotatable bonds is 2. The minimum absolute atomic E-state index is 0.0275. The van der Waals surface area contributed by atoms with Gasteiger partial charge in [0.15, 0.2) is 0 Å². The molecule has 0 aliphatic heterocycles. The number of pyridine rings is 1.